The molecule has 0 fully saturated rings. The van der Waals surface area contributed by atoms with E-state index in [1.165, 1.54) is 12.1 Å². The number of fused-ring (bicyclic) bond motifs is 1. The van der Waals surface area contributed by atoms with E-state index in [2.05, 4.69) is 25.9 Å². The fraction of sp³-hybridized carbons (Fsp3) is 0.0667. The number of carbonyl (C=O) groups excluding carboxylic acids is 1. The molecule has 0 aliphatic rings. The maximum absolute atomic E-state index is 12.9. The Morgan fingerprint density at radius 2 is 1.71 bits per heavy atom. The number of aromatic nitrogens is 2. The summed E-state index contributed by atoms with van der Waals surface area (Å²) in [6.45, 7) is 0. The number of aromatic amines is 2. The lowest BCUT2D eigenvalue weighted by Gasteiger charge is -2.05. The number of hydrogen-bond donors (Lipinski definition) is 2. The first-order valence-corrected chi connectivity index (χ1v) is 7.01. The minimum Gasteiger partial charge on any atom is -0.306 e. The van der Waals surface area contributed by atoms with E-state index in [1.54, 1.807) is 24.3 Å². The highest BCUT2D eigenvalue weighted by molar-refractivity contribution is 9.10. The maximum atomic E-state index is 12.9. The monoisotopic (exact) mass is 348 g/mol. The van der Waals surface area contributed by atoms with Crippen molar-refractivity contribution >= 4 is 32.7 Å². The second-order valence-electron chi connectivity index (χ2n) is 4.68. The fourth-order valence-electron chi connectivity index (χ4n) is 2.15. The summed E-state index contributed by atoms with van der Waals surface area (Å²) in [6, 6.07) is 9.12. The third kappa shape index (κ3) is 2.80. The Hall–Kier alpha value is -2.21. The summed E-state index contributed by atoms with van der Waals surface area (Å²) < 4.78 is 13.5. The van der Waals surface area contributed by atoms with Gasteiger partial charge in [0.25, 0.3) is 0 Å². The Kier molecular flexibility index (Phi) is 3.47. The van der Waals surface area contributed by atoms with Crippen LogP contribution >= 0.6 is 15.9 Å². The largest absolute Gasteiger partial charge is 0.323 e. The first-order chi connectivity index (χ1) is 10.0. The van der Waals surface area contributed by atoms with Crippen molar-refractivity contribution in [1.82, 2.24) is 9.97 Å². The van der Waals surface area contributed by atoms with Crippen molar-refractivity contribution in [3.8, 4) is 0 Å². The molecule has 0 atom stereocenters. The molecule has 1 aromatic heterocycles. The van der Waals surface area contributed by atoms with E-state index in [-0.39, 0.29) is 23.7 Å². The van der Waals surface area contributed by atoms with Crippen molar-refractivity contribution in [3.63, 3.8) is 0 Å². The molecule has 1 heterocycles. The van der Waals surface area contributed by atoms with Crippen molar-refractivity contribution in [2.24, 2.45) is 0 Å². The molecule has 0 bridgehead atoms. The second-order valence-corrected chi connectivity index (χ2v) is 5.54. The molecule has 3 aromatic rings. The molecule has 0 spiro atoms. The van der Waals surface area contributed by atoms with E-state index in [1.807, 2.05) is 0 Å². The van der Waals surface area contributed by atoms with Crippen LogP contribution in [-0.4, -0.2) is 15.8 Å². The number of imidazole rings is 1. The molecule has 0 unspecified atom stereocenters. The summed E-state index contributed by atoms with van der Waals surface area (Å²) >= 11 is 3.34. The van der Waals surface area contributed by atoms with E-state index < -0.39 is 0 Å². The molecule has 6 heteroatoms. The lowest BCUT2D eigenvalue weighted by Crippen LogP contribution is -2.04. The van der Waals surface area contributed by atoms with E-state index in [0.29, 0.717) is 21.1 Å². The molecule has 3 rings (SSSR count). The maximum Gasteiger partial charge on any atom is 0.323 e. The van der Waals surface area contributed by atoms with Crippen LogP contribution in [0.15, 0.2) is 45.7 Å². The van der Waals surface area contributed by atoms with Crippen LogP contribution < -0.4 is 5.69 Å². The SMILES string of the molecule is O=C(Cc1ccc(F)cc1)c1cc2[nH]c(=O)[nH]c2cc1Br. The summed E-state index contributed by atoms with van der Waals surface area (Å²) in [6.07, 6.45) is 0.166. The summed E-state index contributed by atoms with van der Waals surface area (Å²) in [5.74, 6) is -0.448. The Balaban J connectivity index is 1.95. The van der Waals surface area contributed by atoms with Crippen molar-refractivity contribution < 1.29 is 9.18 Å². The number of H-pyrrole nitrogens is 2. The van der Waals surface area contributed by atoms with E-state index >= 15 is 0 Å². The van der Waals surface area contributed by atoms with Gasteiger partial charge in [-0.2, -0.15) is 0 Å². The normalized spacial score (nSPS) is 11.0. The number of rotatable bonds is 3. The summed E-state index contributed by atoms with van der Waals surface area (Å²) in [7, 11) is 0. The van der Waals surface area contributed by atoms with Crippen LogP contribution in [0.4, 0.5) is 4.39 Å². The number of halogens is 2. The number of Topliss-reactive ketones (excluding diaryl/α,β-unsaturated/α-hetero) is 1. The Labute approximate surface area is 127 Å². The van der Waals surface area contributed by atoms with E-state index in [9.17, 15) is 14.0 Å². The zero-order valence-electron chi connectivity index (χ0n) is 10.7. The lowest BCUT2D eigenvalue weighted by atomic mass is 10.0. The van der Waals surface area contributed by atoms with Crippen LogP contribution in [0, 0.1) is 5.82 Å². The van der Waals surface area contributed by atoms with E-state index in [0.717, 1.165) is 5.56 Å². The highest BCUT2D eigenvalue weighted by Gasteiger charge is 2.13. The Morgan fingerprint density at radius 1 is 1.10 bits per heavy atom. The zero-order chi connectivity index (χ0) is 15.0. The Morgan fingerprint density at radius 3 is 2.38 bits per heavy atom. The van der Waals surface area contributed by atoms with Crippen molar-refractivity contribution in [2.75, 3.05) is 0 Å². The number of hydrogen-bond acceptors (Lipinski definition) is 2. The Bertz CT molecular complexity index is 881. The van der Waals surface area contributed by atoms with Gasteiger partial charge in [-0.25, -0.2) is 9.18 Å². The molecule has 4 nitrogen and oxygen atoms in total. The molecule has 2 N–H and O–H groups in total. The zero-order valence-corrected chi connectivity index (χ0v) is 12.3. The van der Waals surface area contributed by atoms with Gasteiger partial charge in [0.15, 0.2) is 5.78 Å². The number of benzene rings is 2. The second kappa shape index (κ2) is 5.29. The quantitative estimate of drug-likeness (QED) is 0.714. The van der Waals surface area contributed by atoms with Crippen LogP contribution in [0.2, 0.25) is 0 Å². The van der Waals surface area contributed by atoms with Gasteiger partial charge in [0.2, 0.25) is 0 Å². The third-order valence-corrected chi connectivity index (χ3v) is 3.84. The number of ketones is 1. The molecule has 106 valence electrons. The average Bonchev–Trinajstić information content (AvgIpc) is 2.79. The summed E-state index contributed by atoms with van der Waals surface area (Å²) in [4.78, 5) is 28.8. The smallest absolute Gasteiger partial charge is 0.306 e. The molecule has 0 saturated heterocycles. The predicted octanol–water partition coefficient (Wildman–Crippen LogP) is 3.18. The molecular weight excluding hydrogens is 339 g/mol. The van der Waals surface area contributed by atoms with Crippen LogP contribution in [0.5, 0.6) is 0 Å². The van der Waals surface area contributed by atoms with Gasteiger partial charge in [0.1, 0.15) is 5.82 Å². The minimum absolute atomic E-state index is 0.113. The van der Waals surface area contributed by atoms with Gasteiger partial charge in [-0.15, -0.1) is 0 Å². The van der Waals surface area contributed by atoms with Gasteiger partial charge in [0.05, 0.1) is 11.0 Å². The van der Waals surface area contributed by atoms with Gasteiger partial charge in [-0.1, -0.05) is 12.1 Å². The van der Waals surface area contributed by atoms with Crippen LogP contribution in [0.25, 0.3) is 11.0 Å². The predicted molar refractivity (Wildman–Crippen MR) is 81.1 cm³/mol. The number of carbonyl (C=O) groups is 1. The van der Waals surface area contributed by atoms with Gasteiger partial charge in [-0.05, 0) is 45.8 Å². The molecule has 0 saturated carbocycles. The molecule has 21 heavy (non-hydrogen) atoms. The number of nitrogens with one attached hydrogen (secondary N) is 2. The molecule has 0 amide bonds. The first-order valence-electron chi connectivity index (χ1n) is 6.22. The van der Waals surface area contributed by atoms with Crippen LogP contribution in [0.1, 0.15) is 15.9 Å². The van der Waals surface area contributed by atoms with Crippen LogP contribution in [-0.2, 0) is 6.42 Å². The standard InChI is InChI=1S/C15H10BrFN2O2/c16-11-7-13-12(18-15(21)19-13)6-10(11)14(20)5-8-1-3-9(17)4-2-8/h1-4,6-7H,5H2,(H2,18,19,21). The molecule has 0 radical (unpaired) electrons. The van der Waals surface area contributed by atoms with Crippen LogP contribution in [0.3, 0.4) is 0 Å². The van der Waals surface area contributed by atoms with Gasteiger partial charge in [-0.3, -0.25) is 4.79 Å². The minimum atomic E-state index is -0.335. The van der Waals surface area contributed by atoms with Crippen molar-refractivity contribution in [1.29, 1.82) is 0 Å². The lowest BCUT2D eigenvalue weighted by molar-refractivity contribution is 0.0992. The van der Waals surface area contributed by atoms with Gasteiger partial charge >= 0.3 is 5.69 Å². The first kappa shape index (κ1) is 13.8. The summed E-state index contributed by atoms with van der Waals surface area (Å²) in [5.41, 5.74) is 2.09. The highest BCUT2D eigenvalue weighted by atomic mass is 79.9. The molecule has 0 aliphatic carbocycles. The van der Waals surface area contributed by atoms with E-state index in [4.69, 9.17) is 0 Å². The summed E-state index contributed by atoms with van der Waals surface area (Å²) in [5, 5.41) is 0. The molecule has 2 aromatic carbocycles. The highest BCUT2D eigenvalue weighted by Crippen LogP contribution is 2.23. The third-order valence-electron chi connectivity index (χ3n) is 3.18. The fourth-order valence-corrected chi connectivity index (χ4v) is 2.72. The van der Waals surface area contributed by atoms with Crippen molar-refractivity contribution in [2.45, 2.75) is 6.42 Å². The van der Waals surface area contributed by atoms with Gasteiger partial charge < -0.3 is 9.97 Å². The van der Waals surface area contributed by atoms with Crippen molar-refractivity contribution in [3.05, 3.63) is 68.3 Å². The average molecular weight is 349 g/mol. The molecule has 0 aliphatic heterocycles. The molecular formula is C15H10BrFN2O2. The van der Waals surface area contributed by atoms with Gasteiger partial charge in [0, 0.05) is 16.5 Å². The topological polar surface area (TPSA) is 65.7 Å².